The highest BCUT2D eigenvalue weighted by molar-refractivity contribution is 6.29. The zero-order valence-corrected chi connectivity index (χ0v) is 11.7. The molecule has 108 valence electrons. The zero-order valence-electron chi connectivity index (χ0n) is 11.0. The third kappa shape index (κ3) is 3.88. The van der Waals surface area contributed by atoms with Crippen LogP contribution >= 0.6 is 11.6 Å². The summed E-state index contributed by atoms with van der Waals surface area (Å²) in [7, 11) is 0. The Balaban J connectivity index is 1.97. The molecule has 0 radical (unpaired) electrons. The van der Waals surface area contributed by atoms with Crippen LogP contribution in [0.3, 0.4) is 0 Å². The molecule has 2 heterocycles. The van der Waals surface area contributed by atoms with Crippen LogP contribution in [0.5, 0.6) is 0 Å². The molecular formula is C12H16ClN5O2. The van der Waals surface area contributed by atoms with Crippen molar-refractivity contribution >= 4 is 23.4 Å². The van der Waals surface area contributed by atoms with Crippen LogP contribution in [0.15, 0.2) is 12.1 Å². The van der Waals surface area contributed by atoms with Crippen LogP contribution in [0.25, 0.3) is 0 Å². The van der Waals surface area contributed by atoms with Gasteiger partial charge in [-0.05, 0) is 18.6 Å². The van der Waals surface area contributed by atoms with Gasteiger partial charge in [0.15, 0.2) is 10.8 Å². The first kappa shape index (κ1) is 14.7. The fourth-order valence-electron chi connectivity index (χ4n) is 2.14. The van der Waals surface area contributed by atoms with E-state index in [4.69, 9.17) is 17.3 Å². The summed E-state index contributed by atoms with van der Waals surface area (Å²) in [5.74, 6) is -0.525. The van der Waals surface area contributed by atoms with E-state index in [0.29, 0.717) is 19.6 Å². The SMILES string of the molecule is NC(=O)CN1CCCN(C(=O)c2ccc(Cl)nn2)CC1. The molecule has 8 heteroatoms. The van der Waals surface area contributed by atoms with E-state index in [1.165, 1.54) is 0 Å². The fourth-order valence-corrected chi connectivity index (χ4v) is 2.25. The smallest absolute Gasteiger partial charge is 0.274 e. The van der Waals surface area contributed by atoms with Gasteiger partial charge in [-0.15, -0.1) is 10.2 Å². The van der Waals surface area contributed by atoms with Crippen molar-refractivity contribution in [2.45, 2.75) is 6.42 Å². The first-order valence-electron chi connectivity index (χ1n) is 6.35. The predicted molar refractivity (Wildman–Crippen MR) is 73.2 cm³/mol. The lowest BCUT2D eigenvalue weighted by Gasteiger charge is -2.20. The molecule has 20 heavy (non-hydrogen) atoms. The van der Waals surface area contributed by atoms with Gasteiger partial charge in [-0.3, -0.25) is 14.5 Å². The van der Waals surface area contributed by atoms with E-state index in [2.05, 4.69) is 10.2 Å². The summed E-state index contributed by atoms with van der Waals surface area (Å²) in [6.45, 7) is 2.76. The van der Waals surface area contributed by atoms with Gasteiger partial charge < -0.3 is 10.6 Å². The summed E-state index contributed by atoms with van der Waals surface area (Å²) in [5, 5.41) is 7.71. The molecule has 2 rings (SSSR count). The number of hydrogen-bond donors (Lipinski definition) is 1. The minimum Gasteiger partial charge on any atom is -0.369 e. The standard InChI is InChI=1S/C12H16ClN5O2/c13-10-3-2-9(15-16-10)12(20)18-5-1-4-17(6-7-18)8-11(14)19/h2-3H,1,4-8H2,(H2,14,19). The number of carbonyl (C=O) groups excluding carboxylic acids is 2. The highest BCUT2D eigenvalue weighted by Crippen LogP contribution is 2.09. The molecule has 2 N–H and O–H groups in total. The molecule has 0 bridgehead atoms. The summed E-state index contributed by atoms with van der Waals surface area (Å²) >= 11 is 5.65. The number of aromatic nitrogens is 2. The van der Waals surface area contributed by atoms with Crippen molar-refractivity contribution in [1.82, 2.24) is 20.0 Å². The Hall–Kier alpha value is -1.73. The van der Waals surface area contributed by atoms with Crippen LogP contribution in [0.2, 0.25) is 5.15 Å². The van der Waals surface area contributed by atoms with Gasteiger partial charge in [0, 0.05) is 26.2 Å². The summed E-state index contributed by atoms with van der Waals surface area (Å²) in [6.07, 6.45) is 0.792. The van der Waals surface area contributed by atoms with Crippen molar-refractivity contribution in [2.24, 2.45) is 5.73 Å². The van der Waals surface area contributed by atoms with Crippen LogP contribution in [0.4, 0.5) is 0 Å². The largest absolute Gasteiger partial charge is 0.369 e. The molecule has 1 aromatic rings. The van der Waals surface area contributed by atoms with Crippen molar-refractivity contribution < 1.29 is 9.59 Å². The maximum atomic E-state index is 12.3. The van der Waals surface area contributed by atoms with E-state index in [1.807, 2.05) is 4.90 Å². The molecule has 0 unspecified atom stereocenters. The van der Waals surface area contributed by atoms with Crippen LogP contribution in [0, 0.1) is 0 Å². The second-order valence-electron chi connectivity index (χ2n) is 4.63. The Kier molecular flexibility index (Phi) is 4.86. The summed E-state index contributed by atoms with van der Waals surface area (Å²) in [6, 6.07) is 3.10. The number of carbonyl (C=O) groups is 2. The molecular weight excluding hydrogens is 282 g/mol. The monoisotopic (exact) mass is 297 g/mol. The van der Waals surface area contributed by atoms with E-state index >= 15 is 0 Å². The van der Waals surface area contributed by atoms with E-state index in [-0.39, 0.29) is 29.2 Å². The van der Waals surface area contributed by atoms with Gasteiger partial charge in [-0.25, -0.2) is 0 Å². The van der Waals surface area contributed by atoms with E-state index < -0.39 is 0 Å². The predicted octanol–water partition coefficient (Wildman–Crippen LogP) is -0.237. The molecule has 0 atom stereocenters. The highest BCUT2D eigenvalue weighted by atomic mass is 35.5. The molecule has 0 spiro atoms. The van der Waals surface area contributed by atoms with Crippen LogP contribution in [0.1, 0.15) is 16.9 Å². The number of amides is 2. The van der Waals surface area contributed by atoms with Crippen molar-refractivity contribution in [3.05, 3.63) is 23.0 Å². The van der Waals surface area contributed by atoms with E-state index in [1.54, 1.807) is 17.0 Å². The average molecular weight is 298 g/mol. The Morgan fingerprint density at radius 1 is 1.20 bits per heavy atom. The lowest BCUT2D eigenvalue weighted by atomic mass is 10.3. The number of primary amides is 1. The second-order valence-corrected chi connectivity index (χ2v) is 5.02. The summed E-state index contributed by atoms with van der Waals surface area (Å²) in [5.41, 5.74) is 5.46. The third-order valence-corrected chi connectivity index (χ3v) is 3.31. The topological polar surface area (TPSA) is 92.4 Å². The van der Waals surface area contributed by atoms with Gasteiger partial charge in [0.25, 0.3) is 5.91 Å². The highest BCUT2D eigenvalue weighted by Gasteiger charge is 2.21. The molecule has 1 aliphatic heterocycles. The average Bonchev–Trinajstić information content (AvgIpc) is 2.64. The quantitative estimate of drug-likeness (QED) is 0.831. The normalized spacial score (nSPS) is 16.8. The lowest BCUT2D eigenvalue weighted by molar-refractivity contribution is -0.119. The van der Waals surface area contributed by atoms with Gasteiger partial charge in [0.1, 0.15) is 0 Å². The van der Waals surface area contributed by atoms with Gasteiger partial charge in [0.05, 0.1) is 6.54 Å². The molecule has 1 aliphatic rings. The van der Waals surface area contributed by atoms with Gasteiger partial charge in [-0.2, -0.15) is 0 Å². The first-order chi connectivity index (χ1) is 9.56. The summed E-state index contributed by atoms with van der Waals surface area (Å²) < 4.78 is 0. The number of rotatable bonds is 3. The Morgan fingerprint density at radius 3 is 2.65 bits per heavy atom. The second kappa shape index (κ2) is 6.62. The first-order valence-corrected chi connectivity index (χ1v) is 6.73. The maximum absolute atomic E-state index is 12.3. The molecule has 0 aliphatic carbocycles. The number of halogens is 1. The van der Waals surface area contributed by atoms with Crippen LogP contribution in [-0.4, -0.2) is 64.5 Å². The number of hydrogen-bond acceptors (Lipinski definition) is 5. The van der Waals surface area contributed by atoms with Crippen LogP contribution < -0.4 is 5.73 Å². The molecule has 7 nitrogen and oxygen atoms in total. The maximum Gasteiger partial charge on any atom is 0.274 e. The molecule has 0 aromatic carbocycles. The molecule has 1 fully saturated rings. The Morgan fingerprint density at radius 2 is 2.00 bits per heavy atom. The van der Waals surface area contributed by atoms with E-state index in [9.17, 15) is 9.59 Å². The molecule has 2 amide bonds. The number of nitrogens with two attached hydrogens (primary N) is 1. The van der Waals surface area contributed by atoms with Crippen molar-refractivity contribution in [3.8, 4) is 0 Å². The Labute approximate surface area is 121 Å². The minimum absolute atomic E-state index is 0.171. The third-order valence-electron chi connectivity index (χ3n) is 3.11. The van der Waals surface area contributed by atoms with Crippen molar-refractivity contribution in [1.29, 1.82) is 0 Å². The van der Waals surface area contributed by atoms with Crippen molar-refractivity contribution in [3.63, 3.8) is 0 Å². The van der Waals surface area contributed by atoms with Gasteiger partial charge in [-0.1, -0.05) is 11.6 Å². The lowest BCUT2D eigenvalue weighted by Crippen LogP contribution is -2.38. The minimum atomic E-state index is -0.353. The van der Waals surface area contributed by atoms with E-state index in [0.717, 1.165) is 13.0 Å². The molecule has 0 saturated carbocycles. The van der Waals surface area contributed by atoms with Crippen LogP contribution in [-0.2, 0) is 4.79 Å². The number of nitrogens with zero attached hydrogens (tertiary/aromatic N) is 4. The van der Waals surface area contributed by atoms with Gasteiger partial charge in [0.2, 0.25) is 5.91 Å². The Bertz CT molecular complexity index is 493. The zero-order chi connectivity index (χ0) is 14.5. The molecule has 1 saturated heterocycles. The van der Waals surface area contributed by atoms with Crippen molar-refractivity contribution in [2.75, 3.05) is 32.7 Å². The fraction of sp³-hybridized carbons (Fsp3) is 0.500. The summed E-state index contributed by atoms with van der Waals surface area (Å²) in [4.78, 5) is 26.8. The van der Waals surface area contributed by atoms with Gasteiger partial charge >= 0.3 is 0 Å². The molecule has 1 aromatic heterocycles.